The lowest BCUT2D eigenvalue weighted by Gasteiger charge is -2.42. The average Bonchev–Trinajstić information content (AvgIpc) is 2.69. The topological polar surface area (TPSA) is 9.23 Å². The van der Waals surface area contributed by atoms with Crippen molar-refractivity contribution in [2.24, 2.45) is 10.8 Å². The van der Waals surface area contributed by atoms with Gasteiger partial charge in [-0.15, -0.1) is 0 Å². The first-order valence-corrected chi connectivity index (χ1v) is 6.15. The van der Waals surface area contributed by atoms with Crippen molar-refractivity contribution in [3.8, 4) is 0 Å². The van der Waals surface area contributed by atoms with E-state index in [-0.39, 0.29) is 16.9 Å². The van der Waals surface area contributed by atoms with Gasteiger partial charge in [0, 0.05) is 0 Å². The average molecular weight is 222 g/mol. The standard InChI is InChI=1S/C16H14O/c1-3-9-15-11-5-6-12-16(15)10-4-2-8-14(16)17-13(15)7-1/h1-9,11-13H,10H2. The fourth-order valence-electron chi connectivity index (χ4n) is 3.53. The molecule has 3 atom stereocenters. The molecule has 3 unspecified atom stereocenters. The summed E-state index contributed by atoms with van der Waals surface area (Å²) < 4.78 is 6.17. The van der Waals surface area contributed by atoms with E-state index in [9.17, 15) is 0 Å². The van der Waals surface area contributed by atoms with Crippen molar-refractivity contribution in [1.29, 1.82) is 0 Å². The molecule has 2 spiro atoms. The Labute approximate surface area is 101 Å². The van der Waals surface area contributed by atoms with Crippen LogP contribution in [0.15, 0.2) is 72.6 Å². The maximum Gasteiger partial charge on any atom is 0.130 e. The molecule has 1 heterocycles. The van der Waals surface area contributed by atoms with E-state index in [2.05, 4.69) is 66.8 Å². The predicted octanol–water partition coefficient (Wildman–Crippen LogP) is 3.45. The Morgan fingerprint density at radius 3 is 2.76 bits per heavy atom. The van der Waals surface area contributed by atoms with Gasteiger partial charge in [-0.1, -0.05) is 54.7 Å². The van der Waals surface area contributed by atoms with Crippen molar-refractivity contribution in [2.45, 2.75) is 12.5 Å². The fourth-order valence-corrected chi connectivity index (χ4v) is 3.53. The van der Waals surface area contributed by atoms with E-state index in [0.717, 1.165) is 12.2 Å². The normalized spacial score (nSPS) is 43.8. The van der Waals surface area contributed by atoms with E-state index >= 15 is 0 Å². The van der Waals surface area contributed by atoms with E-state index in [0.29, 0.717) is 0 Å². The maximum atomic E-state index is 6.17. The molecule has 0 aromatic carbocycles. The van der Waals surface area contributed by atoms with Gasteiger partial charge in [-0.2, -0.15) is 0 Å². The molecule has 4 rings (SSSR count). The molecule has 0 bridgehead atoms. The summed E-state index contributed by atoms with van der Waals surface area (Å²) in [6.07, 6.45) is 25.2. The Morgan fingerprint density at radius 2 is 1.82 bits per heavy atom. The Morgan fingerprint density at radius 1 is 1.00 bits per heavy atom. The van der Waals surface area contributed by atoms with E-state index in [4.69, 9.17) is 4.74 Å². The van der Waals surface area contributed by atoms with E-state index in [1.54, 1.807) is 0 Å². The van der Waals surface area contributed by atoms with Gasteiger partial charge in [0.15, 0.2) is 0 Å². The van der Waals surface area contributed by atoms with Crippen LogP contribution in [0.1, 0.15) is 6.42 Å². The second-order valence-electron chi connectivity index (χ2n) is 5.07. The van der Waals surface area contributed by atoms with Crippen molar-refractivity contribution < 1.29 is 4.74 Å². The summed E-state index contributed by atoms with van der Waals surface area (Å²) in [5, 5.41) is 0. The minimum Gasteiger partial charge on any atom is -0.488 e. The maximum absolute atomic E-state index is 6.17. The van der Waals surface area contributed by atoms with Crippen LogP contribution in [0.5, 0.6) is 0 Å². The molecule has 0 aromatic heterocycles. The van der Waals surface area contributed by atoms with Gasteiger partial charge in [0.25, 0.3) is 0 Å². The minimum atomic E-state index is -0.0207. The van der Waals surface area contributed by atoms with Gasteiger partial charge in [0.2, 0.25) is 0 Å². The van der Waals surface area contributed by atoms with E-state index in [1.807, 2.05) is 0 Å². The zero-order valence-electron chi connectivity index (χ0n) is 9.54. The van der Waals surface area contributed by atoms with Crippen LogP contribution in [-0.2, 0) is 4.74 Å². The molecule has 0 saturated carbocycles. The first kappa shape index (κ1) is 9.29. The van der Waals surface area contributed by atoms with Gasteiger partial charge in [0.1, 0.15) is 11.9 Å². The number of allylic oxidation sites excluding steroid dienone is 8. The highest BCUT2D eigenvalue weighted by atomic mass is 16.5. The summed E-state index contributed by atoms with van der Waals surface area (Å²) in [6.45, 7) is 0. The quantitative estimate of drug-likeness (QED) is 0.610. The molecule has 4 aliphatic rings. The lowest BCUT2D eigenvalue weighted by molar-refractivity contribution is 0.157. The number of rotatable bonds is 0. The second-order valence-corrected chi connectivity index (χ2v) is 5.07. The third kappa shape index (κ3) is 0.917. The van der Waals surface area contributed by atoms with Crippen molar-refractivity contribution in [2.75, 3.05) is 0 Å². The first-order chi connectivity index (χ1) is 8.37. The van der Waals surface area contributed by atoms with Gasteiger partial charge in [-0.3, -0.25) is 0 Å². The zero-order chi connectivity index (χ0) is 11.3. The van der Waals surface area contributed by atoms with Crippen LogP contribution in [0.2, 0.25) is 0 Å². The smallest absolute Gasteiger partial charge is 0.130 e. The molecular formula is C16H14O. The van der Waals surface area contributed by atoms with Crippen molar-refractivity contribution >= 4 is 0 Å². The van der Waals surface area contributed by atoms with Crippen LogP contribution >= 0.6 is 0 Å². The van der Waals surface area contributed by atoms with Gasteiger partial charge in [-0.25, -0.2) is 0 Å². The van der Waals surface area contributed by atoms with E-state index in [1.165, 1.54) is 0 Å². The monoisotopic (exact) mass is 222 g/mol. The lowest BCUT2D eigenvalue weighted by Crippen LogP contribution is -2.41. The molecule has 1 fully saturated rings. The van der Waals surface area contributed by atoms with Crippen molar-refractivity contribution in [3.63, 3.8) is 0 Å². The Hall–Kier alpha value is -1.76. The summed E-state index contributed by atoms with van der Waals surface area (Å²) in [5.41, 5.74) is -0.0183. The predicted molar refractivity (Wildman–Crippen MR) is 68.1 cm³/mol. The van der Waals surface area contributed by atoms with Crippen LogP contribution in [0.25, 0.3) is 0 Å². The molecule has 0 radical (unpaired) electrons. The highest BCUT2D eigenvalue weighted by molar-refractivity contribution is 5.48. The molecule has 0 amide bonds. The third-order valence-electron chi connectivity index (χ3n) is 4.39. The van der Waals surface area contributed by atoms with E-state index < -0.39 is 0 Å². The fraction of sp³-hybridized carbons (Fsp3) is 0.250. The summed E-state index contributed by atoms with van der Waals surface area (Å²) in [6, 6.07) is 0. The van der Waals surface area contributed by atoms with Crippen LogP contribution in [0.3, 0.4) is 0 Å². The lowest BCUT2D eigenvalue weighted by atomic mass is 9.56. The molecule has 17 heavy (non-hydrogen) atoms. The van der Waals surface area contributed by atoms with Gasteiger partial charge in [-0.05, 0) is 18.6 Å². The second kappa shape index (κ2) is 2.92. The number of hydrogen-bond donors (Lipinski definition) is 0. The number of hydrogen-bond acceptors (Lipinski definition) is 1. The molecule has 1 saturated heterocycles. The highest BCUT2D eigenvalue weighted by Crippen LogP contribution is 2.63. The van der Waals surface area contributed by atoms with Crippen LogP contribution in [0, 0.1) is 10.8 Å². The largest absolute Gasteiger partial charge is 0.488 e. The first-order valence-electron chi connectivity index (χ1n) is 6.15. The molecule has 1 heteroatoms. The summed E-state index contributed by atoms with van der Waals surface area (Å²) in [5.74, 6) is 1.11. The Balaban J connectivity index is 1.99. The summed E-state index contributed by atoms with van der Waals surface area (Å²) >= 11 is 0. The molecule has 1 nitrogen and oxygen atoms in total. The third-order valence-corrected chi connectivity index (χ3v) is 4.39. The Bertz CT molecular complexity index is 519. The number of ether oxygens (including phenoxy) is 1. The van der Waals surface area contributed by atoms with Crippen LogP contribution in [0.4, 0.5) is 0 Å². The minimum absolute atomic E-state index is 0.00241. The molecule has 0 N–H and O–H groups in total. The molecule has 0 aromatic rings. The highest BCUT2D eigenvalue weighted by Gasteiger charge is 2.61. The van der Waals surface area contributed by atoms with Crippen molar-refractivity contribution in [1.82, 2.24) is 0 Å². The summed E-state index contributed by atoms with van der Waals surface area (Å²) in [4.78, 5) is 0. The summed E-state index contributed by atoms with van der Waals surface area (Å²) in [7, 11) is 0. The SMILES string of the molecule is C1=CCC23C=CC=CC24C=CC=CC4OC3=C1. The van der Waals surface area contributed by atoms with Crippen LogP contribution in [-0.4, -0.2) is 6.10 Å². The van der Waals surface area contributed by atoms with Crippen molar-refractivity contribution in [3.05, 3.63) is 72.6 Å². The van der Waals surface area contributed by atoms with Gasteiger partial charge < -0.3 is 4.74 Å². The molecule has 84 valence electrons. The van der Waals surface area contributed by atoms with Crippen LogP contribution < -0.4 is 0 Å². The molecular weight excluding hydrogens is 208 g/mol. The molecule has 1 aliphatic heterocycles. The Kier molecular flexibility index (Phi) is 1.60. The molecule has 3 aliphatic carbocycles. The van der Waals surface area contributed by atoms with Gasteiger partial charge in [0.05, 0.1) is 10.8 Å². The zero-order valence-corrected chi connectivity index (χ0v) is 9.54. The van der Waals surface area contributed by atoms with Gasteiger partial charge >= 0.3 is 0 Å².